The van der Waals surface area contributed by atoms with Crippen molar-refractivity contribution >= 4 is 0 Å². The number of hydrogen-bond acceptors (Lipinski definition) is 2. The molecule has 1 aromatic carbocycles. The van der Waals surface area contributed by atoms with Gasteiger partial charge in [0.2, 0.25) is 0 Å². The third-order valence-corrected chi connectivity index (χ3v) is 2.08. The predicted molar refractivity (Wildman–Crippen MR) is 53.5 cm³/mol. The van der Waals surface area contributed by atoms with Crippen LogP contribution >= 0.6 is 0 Å². The van der Waals surface area contributed by atoms with E-state index in [0.29, 0.717) is 12.1 Å². The maximum Gasteiger partial charge on any atom is 0.102 e. The minimum atomic E-state index is -0.360. The molecule has 0 aliphatic carbocycles. The number of nitrogens with zero attached hydrogens (tertiary/aromatic N) is 1. The molecule has 0 aromatic heterocycles. The Kier molecular flexibility index (Phi) is 4.09. The lowest BCUT2D eigenvalue weighted by Gasteiger charge is -2.12. The molecule has 0 bridgehead atoms. The molecule has 14 heavy (non-hydrogen) atoms. The Balaban J connectivity index is 2.63. The highest BCUT2D eigenvalue weighted by Gasteiger charge is 2.03. The third kappa shape index (κ3) is 2.82. The van der Waals surface area contributed by atoms with Gasteiger partial charge in [-0.3, -0.25) is 0 Å². The zero-order valence-electron chi connectivity index (χ0n) is 8.13. The maximum atomic E-state index is 11.9. The number of nitrogens with one attached hydrogen (secondary N) is 1. The van der Waals surface area contributed by atoms with E-state index in [2.05, 4.69) is 11.4 Å². The third-order valence-electron chi connectivity index (χ3n) is 2.08. The van der Waals surface area contributed by atoms with Gasteiger partial charge in [0.15, 0.2) is 0 Å². The molecule has 0 saturated heterocycles. The van der Waals surface area contributed by atoms with Gasteiger partial charge < -0.3 is 5.32 Å². The van der Waals surface area contributed by atoms with E-state index in [-0.39, 0.29) is 12.7 Å². The number of halogens is 1. The van der Waals surface area contributed by atoms with Gasteiger partial charge in [0.25, 0.3) is 0 Å². The molecule has 74 valence electrons. The Morgan fingerprint density at radius 3 is 2.57 bits per heavy atom. The molecule has 0 fully saturated rings. The van der Waals surface area contributed by atoms with Crippen LogP contribution in [0.5, 0.6) is 0 Å². The van der Waals surface area contributed by atoms with Gasteiger partial charge in [-0.15, -0.1) is 0 Å². The van der Waals surface area contributed by atoms with Crippen molar-refractivity contribution in [3.63, 3.8) is 0 Å². The van der Waals surface area contributed by atoms with Crippen molar-refractivity contribution in [3.05, 3.63) is 35.4 Å². The van der Waals surface area contributed by atoms with E-state index in [1.54, 1.807) is 12.1 Å². The number of rotatable bonds is 4. The fourth-order valence-electron chi connectivity index (χ4n) is 1.24. The largest absolute Gasteiger partial charge is 0.308 e. The summed E-state index contributed by atoms with van der Waals surface area (Å²) in [4.78, 5) is 0. The SMILES string of the molecule is CC(NCCF)c1ccc(C#N)cc1. The van der Waals surface area contributed by atoms with E-state index < -0.39 is 0 Å². The van der Waals surface area contributed by atoms with Crippen LogP contribution in [0.3, 0.4) is 0 Å². The van der Waals surface area contributed by atoms with E-state index in [0.717, 1.165) is 5.56 Å². The lowest BCUT2D eigenvalue weighted by Crippen LogP contribution is -2.20. The first-order chi connectivity index (χ1) is 6.77. The minimum absolute atomic E-state index is 0.124. The summed E-state index contributed by atoms with van der Waals surface area (Å²) >= 11 is 0. The summed E-state index contributed by atoms with van der Waals surface area (Å²) < 4.78 is 11.9. The second-order valence-electron chi connectivity index (χ2n) is 3.10. The molecule has 3 heteroatoms. The topological polar surface area (TPSA) is 35.8 Å². The smallest absolute Gasteiger partial charge is 0.102 e. The van der Waals surface area contributed by atoms with Crippen LogP contribution in [0.4, 0.5) is 4.39 Å². The van der Waals surface area contributed by atoms with Gasteiger partial charge in [0, 0.05) is 12.6 Å². The normalized spacial score (nSPS) is 12.1. The lowest BCUT2D eigenvalue weighted by molar-refractivity contribution is 0.444. The van der Waals surface area contributed by atoms with Gasteiger partial charge >= 0.3 is 0 Å². The Labute approximate surface area is 83.4 Å². The maximum absolute atomic E-state index is 11.9. The summed E-state index contributed by atoms with van der Waals surface area (Å²) in [5, 5.41) is 11.6. The quantitative estimate of drug-likeness (QED) is 0.793. The Bertz CT molecular complexity index is 313. The molecule has 0 spiro atoms. The van der Waals surface area contributed by atoms with Crippen LogP contribution < -0.4 is 5.32 Å². The highest BCUT2D eigenvalue weighted by atomic mass is 19.1. The van der Waals surface area contributed by atoms with E-state index in [1.165, 1.54) is 0 Å². The first-order valence-electron chi connectivity index (χ1n) is 4.57. The summed E-state index contributed by atoms with van der Waals surface area (Å²) in [5.74, 6) is 0. The van der Waals surface area contributed by atoms with Crippen LogP contribution in [-0.2, 0) is 0 Å². The summed E-state index contributed by atoms with van der Waals surface area (Å²) in [6, 6.07) is 9.48. The zero-order valence-corrected chi connectivity index (χ0v) is 8.13. The Hall–Kier alpha value is -1.40. The van der Waals surface area contributed by atoms with Crippen molar-refractivity contribution in [1.29, 1.82) is 5.26 Å². The first-order valence-corrected chi connectivity index (χ1v) is 4.57. The van der Waals surface area contributed by atoms with Crippen molar-refractivity contribution in [2.75, 3.05) is 13.2 Å². The first kappa shape index (κ1) is 10.7. The van der Waals surface area contributed by atoms with Crippen LogP contribution in [0.2, 0.25) is 0 Å². The van der Waals surface area contributed by atoms with Crippen LogP contribution in [0.1, 0.15) is 24.1 Å². The van der Waals surface area contributed by atoms with E-state index in [1.807, 2.05) is 19.1 Å². The van der Waals surface area contributed by atoms with Gasteiger partial charge in [0.1, 0.15) is 6.67 Å². The zero-order chi connectivity index (χ0) is 10.4. The monoisotopic (exact) mass is 192 g/mol. The molecule has 0 aliphatic rings. The summed E-state index contributed by atoms with van der Waals surface area (Å²) in [6.45, 7) is 1.97. The molecule has 0 saturated carbocycles. The fraction of sp³-hybridized carbons (Fsp3) is 0.364. The van der Waals surface area contributed by atoms with Crippen LogP contribution in [-0.4, -0.2) is 13.2 Å². The highest BCUT2D eigenvalue weighted by Crippen LogP contribution is 2.12. The van der Waals surface area contributed by atoms with Crippen molar-refractivity contribution in [2.45, 2.75) is 13.0 Å². The van der Waals surface area contributed by atoms with Crippen LogP contribution in [0, 0.1) is 11.3 Å². The average molecular weight is 192 g/mol. The van der Waals surface area contributed by atoms with Gasteiger partial charge in [0.05, 0.1) is 11.6 Å². The number of hydrogen-bond donors (Lipinski definition) is 1. The van der Waals surface area contributed by atoms with Crippen molar-refractivity contribution in [2.24, 2.45) is 0 Å². The highest BCUT2D eigenvalue weighted by molar-refractivity contribution is 5.32. The molecule has 1 rings (SSSR count). The number of nitriles is 1. The molecule has 1 atom stereocenters. The molecule has 0 radical (unpaired) electrons. The fourth-order valence-corrected chi connectivity index (χ4v) is 1.24. The standard InChI is InChI=1S/C11H13FN2/c1-9(14-7-6-12)11-4-2-10(8-13)3-5-11/h2-5,9,14H,6-7H2,1H3. The van der Waals surface area contributed by atoms with Crippen molar-refractivity contribution in [1.82, 2.24) is 5.32 Å². The predicted octanol–water partition coefficient (Wildman–Crippen LogP) is 2.18. The summed E-state index contributed by atoms with van der Waals surface area (Å²) in [7, 11) is 0. The summed E-state index contributed by atoms with van der Waals surface area (Å²) in [5.41, 5.74) is 1.71. The van der Waals surface area contributed by atoms with E-state index >= 15 is 0 Å². The number of benzene rings is 1. The molecule has 1 unspecified atom stereocenters. The molecule has 0 heterocycles. The molecule has 1 N–H and O–H groups in total. The average Bonchev–Trinajstić information content (AvgIpc) is 2.26. The van der Waals surface area contributed by atoms with Gasteiger partial charge in [-0.2, -0.15) is 5.26 Å². The molecule has 1 aromatic rings. The van der Waals surface area contributed by atoms with Crippen LogP contribution in [0.25, 0.3) is 0 Å². The Morgan fingerprint density at radius 2 is 2.07 bits per heavy atom. The van der Waals surface area contributed by atoms with Crippen LogP contribution in [0.15, 0.2) is 24.3 Å². The molecule has 2 nitrogen and oxygen atoms in total. The molecule has 0 amide bonds. The molecular weight excluding hydrogens is 179 g/mol. The minimum Gasteiger partial charge on any atom is -0.308 e. The second kappa shape index (κ2) is 5.36. The van der Waals surface area contributed by atoms with E-state index in [4.69, 9.17) is 5.26 Å². The summed E-state index contributed by atoms with van der Waals surface area (Å²) in [6.07, 6.45) is 0. The van der Waals surface area contributed by atoms with Gasteiger partial charge in [-0.1, -0.05) is 12.1 Å². The van der Waals surface area contributed by atoms with E-state index in [9.17, 15) is 4.39 Å². The number of alkyl halides is 1. The van der Waals surface area contributed by atoms with Crippen molar-refractivity contribution in [3.8, 4) is 6.07 Å². The molecular formula is C11H13FN2. The second-order valence-corrected chi connectivity index (χ2v) is 3.10. The lowest BCUT2D eigenvalue weighted by atomic mass is 10.1. The van der Waals surface area contributed by atoms with Gasteiger partial charge in [-0.05, 0) is 24.6 Å². The Morgan fingerprint density at radius 1 is 1.43 bits per heavy atom. The molecule has 0 aliphatic heterocycles. The van der Waals surface area contributed by atoms with Crippen molar-refractivity contribution < 1.29 is 4.39 Å². The van der Waals surface area contributed by atoms with Gasteiger partial charge in [-0.25, -0.2) is 4.39 Å².